The van der Waals surface area contributed by atoms with E-state index >= 15 is 0 Å². The van der Waals surface area contributed by atoms with Crippen molar-refractivity contribution >= 4 is 5.96 Å². The van der Waals surface area contributed by atoms with Crippen LogP contribution in [0.25, 0.3) is 0 Å². The standard InChI is InChI=1S/C13H29N3O/c1-6-7-10-17-11-8-9-15-12(14-5)16-13(2,3)4/h6-11H2,1-5H3,(H2,14,15,16). The van der Waals surface area contributed by atoms with Crippen molar-refractivity contribution in [1.82, 2.24) is 10.6 Å². The third kappa shape index (κ3) is 11.5. The van der Waals surface area contributed by atoms with E-state index < -0.39 is 0 Å². The molecule has 0 bridgehead atoms. The number of rotatable bonds is 7. The van der Waals surface area contributed by atoms with Crippen LogP contribution in [0.1, 0.15) is 47.0 Å². The van der Waals surface area contributed by atoms with Crippen LogP contribution in [0.3, 0.4) is 0 Å². The predicted octanol–water partition coefficient (Wildman–Crippen LogP) is 2.16. The van der Waals surface area contributed by atoms with Gasteiger partial charge >= 0.3 is 0 Å². The van der Waals surface area contributed by atoms with Gasteiger partial charge in [-0.25, -0.2) is 0 Å². The van der Waals surface area contributed by atoms with E-state index in [1.54, 1.807) is 7.05 Å². The molecule has 0 atom stereocenters. The molecular weight excluding hydrogens is 214 g/mol. The fourth-order valence-corrected chi connectivity index (χ4v) is 1.26. The third-order valence-corrected chi connectivity index (χ3v) is 2.12. The summed E-state index contributed by atoms with van der Waals surface area (Å²) in [5.74, 6) is 0.853. The molecule has 102 valence electrons. The van der Waals surface area contributed by atoms with Crippen molar-refractivity contribution in [2.45, 2.75) is 52.5 Å². The van der Waals surface area contributed by atoms with Gasteiger partial charge in [0.1, 0.15) is 0 Å². The number of nitrogens with one attached hydrogen (secondary N) is 2. The van der Waals surface area contributed by atoms with Crippen LogP contribution in [0.15, 0.2) is 4.99 Å². The Hall–Kier alpha value is -0.770. The van der Waals surface area contributed by atoms with Crippen LogP contribution in [0.2, 0.25) is 0 Å². The normalized spacial score (nSPS) is 12.6. The van der Waals surface area contributed by atoms with Crippen molar-refractivity contribution < 1.29 is 4.74 Å². The predicted molar refractivity (Wildman–Crippen MR) is 74.6 cm³/mol. The van der Waals surface area contributed by atoms with Crippen molar-refractivity contribution in [1.29, 1.82) is 0 Å². The summed E-state index contributed by atoms with van der Waals surface area (Å²) in [6.45, 7) is 11.1. The number of aliphatic imine (C=N–C) groups is 1. The average Bonchev–Trinajstić information content (AvgIpc) is 2.24. The van der Waals surface area contributed by atoms with Crippen molar-refractivity contribution in [3.63, 3.8) is 0 Å². The minimum atomic E-state index is 0.0411. The van der Waals surface area contributed by atoms with E-state index in [4.69, 9.17) is 4.74 Å². The molecule has 0 radical (unpaired) electrons. The number of nitrogens with zero attached hydrogens (tertiary/aromatic N) is 1. The second-order valence-corrected chi connectivity index (χ2v) is 5.19. The van der Waals surface area contributed by atoms with Gasteiger partial charge in [0.05, 0.1) is 0 Å². The molecule has 0 aromatic carbocycles. The summed E-state index contributed by atoms with van der Waals surface area (Å²) in [5.41, 5.74) is 0.0411. The Morgan fingerprint density at radius 3 is 2.35 bits per heavy atom. The molecule has 0 aliphatic rings. The second kappa shape index (κ2) is 9.28. The molecule has 17 heavy (non-hydrogen) atoms. The highest BCUT2D eigenvalue weighted by Crippen LogP contribution is 1.97. The van der Waals surface area contributed by atoms with Gasteiger partial charge in [0.15, 0.2) is 5.96 Å². The van der Waals surface area contributed by atoms with Gasteiger partial charge in [-0.2, -0.15) is 0 Å². The highest BCUT2D eigenvalue weighted by Gasteiger charge is 2.10. The average molecular weight is 243 g/mol. The molecule has 0 rings (SSSR count). The van der Waals surface area contributed by atoms with Crippen LogP contribution in [-0.4, -0.2) is 38.3 Å². The lowest BCUT2D eigenvalue weighted by Gasteiger charge is -2.23. The van der Waals surface area contributed by atoms with E-state index in [0.29, 0.717) is 0 Å². The molecule has 0 aliphatic heterocycles. The summed E-state index contributed by atoms with van der Waals surface area (Å²) in [6.07, 6.45) is 3.36. The monoisotopic (exact) mass is 243 g/mol. The van der Waals surface area contributed by atoms with Crippen molar-refractivity contribution in [3.05, 3.63) is 0 Å². The molecule has 0 aromatic heterocycles. The minimum Gasteiger partial charge on any atom is -0.381 e. The molecule has 0 spiro atoms. The molecule has 0 aliphatic carbocycles. The number of unbranched alkanes of at least 4 members (excludes halogenated alkanes) is 1. The summed E-state index contributed by atoms with van der Waals surface area (Å²) >= 11 is 0. The minimum absolute atomic E-state index is 0.0411. The summed E-state index contributed by atoms with van der Waals surface area (Å²) in [5, 5.41) is 6.59. The molecule has 4 nitrogen and oxygen atoms in total. The molecule has 0 heterocycles. The molecule has 0 fully saturated rings. The Kier molecular flexibility index (Phi) is 8.86. The van der Waals surface area contributed by atoms with Crippen molar-refractivity contribution in [2.24, 2.45) is 4.99 Å². The first-order valence-corrected chi connectivity index (χ1v) is 6.56. The summed E-state index contributed by atoms with van der Waals surface area (Å²) < 4.78 is 5.49. The van der Waals surface area contributed by atoms with Crippen LogP contribution >= 0.6 is 0 Å². The van der Waals surface area contributed by atoms with E-state index in [0.717, 1.165) is 38.6 Å². The lowest BCUT2D eigenvalue weighted by Crippen LogP contribution is -2.47. The van der Waals surface area contributed by atoms with E-state index in [2.05, 4.69) is 43.3 Å². The molecule has 0 unspecified atom stereocenters. The van der Waals surface area contributed by atoms with E-state index in [1.807, 2.05) is 0 Å². The zero-order valence-corrected chi connectivity index (χ0v) is 12.1. The molecule has 0 amide bonds. The van der Waals surface area contributed by atoms with Crippen molar-refractivity contribution in [3.8, 4) is 0 Å². The van der Waals surface area contributed by atoms with Crippen LogP contribution in [-0.2, 0) is 4.74 Å². The molecule has 4 heteroatoms. The SMILES string of the molecule is CCCCOCCCNC(=NC)NC(C)(C)C. The van der Waals surface area contributed by atoms with E-state index in [9.17, 15) is 0 Å². The first-order valence-electron chi connectivity index (χ1n) is 6.56. The van der Waals surface area contributed by atoms with Gasteiger partial charge in [-0.3, -0.25) is 4.99 Å². The van der Waals surface area contributed by atoms with Crippen LogP contribution in [0.5, 0.6) is 0 Å². The van der Waals surface area contributed by atoms with Gasteiger partial charge < -0.3 is 15.4 Å². The molecule has 2 N–H and O–H groups in total. The number of ether oxygens (including phenoxy) is 1. The Labute approximate surface area is 106 Å². The van der Waals surface area contributed by atoms with Crippen molar-refractivity contribution in [2.75, 3.05) is 26.8 Å². The fraction of sp³-hybridized carbons (Fsp3) is 0.923. The third-order valence-electron chi connectivity index (χ3n) is 2.12. The molecule has 0 saturated carbocycles. The summed E-state index contributed by atoms with van der Waals surface area (Å²) in [6, 6.07) is 0. The molecular formula is C13H29N3O. The maximum atomic E-state index is 5.49. The Morgan fingerprint density at radius 2 is 1.82 bits per heavy atom. The smallest absolute Gasteiger partial charge is 0.191 e. The first kappa shape index (κ1) is 16.2. The van der Waals surface area contributed by atoms with Gasteiger partial charge in [0.2, 0.25) is 0 Å². The Balaban J connectivity index is 3.52. The first-order chi connectivity index (χ1) is 7.99. The topological polar surface area (TPSA) is 45.6 Å². The van der Waals surface area contributed by atoms with Crippen LogP contribution in [0.4, 0.5) is 0 Å². The highest BCUT2D eigenvalue weighted by atomic mass is 16.5. The lowest BCUT2D eigenvalue weighted by molar-refractivity contribution is 0.129. The van der Waals surface area contributed by atoms with Gasteiger partial charge in [0, 0.05) is 32.3 Å². The van der Waals surface area contributed by atoms with E-state index in [1.165, 1.54) is 6.42 Å². The maximum absolute atomic E-state index is 5.49. The van der Waals surface area contributed by atoms with Gasteiger partial charge in [0.25, 0.3) is 0 Å². The van der Waals surface area contributed by atoms with Gasteiger partial charge in [-0.1, -0.05) is 13.3 Å². The van der Waals surface area contributed by atoms with Crippen LogP contribution < -0.4 is 10.6 Å². The van der Waals surface area contributed by atoms with E-state index in [-0.39, 0.29) is 5.54 Å². The highest BCUT2D eigenvalue weighted by molar-refractivity contribution is 5.80. The van der Waals surface area contributed by atoms with Crippen LogP contribution in [0, 0.1) is 0 Å². The molecule has 0 saturated heterocycles. The summed E-state index contributed by atoms with van der Waals surface area (Å²) in [4.78, 5) is 4.17. The summed E-state index contributed by atoms with van der Waals surface area (Å²) in [7, 11) is 1.79. The number of hydrogen-bond donors (Lipinski definition) is 2. The fourth-order valence-electron chi connectivity index (χ4n) is 1.26. The Bertz CT molecular complexity index is 209. The maximum Gasteiger partial charge on any atom is 0.191 e. The quantitative estimate of drug-likeness (QED) is 0.409. The molecule has 0 aromatic rings. The van der Waals surface area contributed by atoms with Gasteiger partial charge in [-0.15, -0.1) is 0 Å². The number of guanidine groups is 1. The number of hydrogen-bond acceptors (Lipinski definition) is 2. The zero-order valence-electron chi connectivity index (χ0n) is 12.1. The zero-order chi connectivity index (χ0) is 13.1. The second-order valence-electron chi connectivity index (χ2n) is 5.19. The van der Waals surface area contributed by atoms with Gasteiger partial charge in [-0.05, 0) is 33.6 Å². The largest absolute Gasteiger partial charge is 0.381 e. The Morgan fingerprint density at radius 1 is 1.18 bits per heavy atom. The lowest BCUT2D eigenvalue weighted by atomic mass is 10.1.